The van der Waals surface area contributed by atoms with Crippen molar-refractivity contribution in [2.45, 2.75) is 77.2 Å². The van der Waals surface area contributed by atoms with Crippen molar-refractivity contribution in [1.29, 1.82) is 0 Å². The molecule has 0 saturated heterocycles. The van der Waals surface area contributed by atoms with Crippen LogP contribution in [-0.2, 0) is 11.2 Å². The van der Waals surface area contributed by atoms with Crippen LogP contribution in [0.2, 0.25) is 0 Å². The molecule has 0 radical (unpaired) electrons. The minimum absolute atomic E-state index is 0.189. The first-order chi connectivity index (χ1) is 11.1. The van der Waals surface area contributed by atoms with E-state index in [2.05, 4.69) is 19.1 Å². The van der Waals surface area contributed by atoms with E-state index in [1.165, 1.54) is 5.56 Å². The van der Waals surface area contributed by atoms with Gasteiger partial charge in [0.05, 0.1) is 0 Å². The fourth-order valence-electron chi connectivity index (χ4n) is 2.76. The summed E-state index contributed by atoms with van der Waals surface area (Å²) in [6.45, 7) is 2.10. The summed E-state index contributed by atoms with van der Waals surface area (Å²) >= 11 is 0. The quantitative estimate of drug-likeness (QED) is 0.293. The molecule has 0 aromatic heterocycles. The molecular weight excluding hydrogens is 290 g/mol. The van der Waals surface area contributed by atoms with Crippen LogP contribution < -0.4 is 0 Å². The lowest BCUT2D eigenvalue weighted by Gasteiger charge is -2.08. The van der Waals surface area contributed by atoms with Crippen molar-refractivity contribution in [3.63, 3.8) is 0 Å². The molecule has 0 saturated carbocycles. The van der Waals surface area contributed by atoms with E-state index in [-0.39, 0.29) is 5.78 Å². The highest BCUT2D eigenvalue weighted by Gasteiger charge is 2.27. The fraction of sp³-hybridized carbons (Fsp3) is 0.632. The second-order valence-electron chi connectivity index (χ2n) is 6.16. The van der Waals surface area contributed by atoms with Gasteiger partial charge in [0.2, 0.25) is 5.78 Å². The molecule has 1 unspecified atom stereocenters. The number of benzene rings is 1. The molecule has 0 N–H and O–H groups in total. The van der Waals surface area contributed by atoms with E-state index in [4.69, 9.17) is 0 Å². The zero-order valence-electron chi connectivity index (χ0n) is 14.2. The molecule has 1 rings (SSSR count). The summed E-state index contributed by atoms with van der Waals surface area (Å²) in [6, 6.07) is 9.27. The molecule has 0 aliphatic carbocycles. The highest BCUT2D eigenvalue weighted by Crippen LogP contribution is 2.13. The van der Waals surface area contributed by atoms with Crippen molar-refractivity contribution in [2.24, 2.45) is 0 Å². The number of Topliss-reactive ketones (excluding diaryl/α,β-unsaturated/α-hetero) is 1. The van der Waals surface area contributed by atoms with Gasteiger partial charge < -0.3 is 0 Å². The van der Waals surface area contributed by atoms with Gasteiger partial charge in [0, 0.05) is 17.8 Å². The smallest absolute Gasteiger partial charge is 0.270 e. The molecule has 0 fully saturated rings. The minimum atomic E-state index is -0.985. The first kappa shape index (κ1) is 19.3. The summed E-state index contributed by atoms with van der Waals surface area (Å²) in [6.07, 6.45) is 8.40. The summed E-state index contributed by atoms with van der Waals surface area (Å²) in [7, 11) is 0. The molecule has 0 heterocycles. The number of nitro groups is 1. The molecule has 1 aromatic carbocycles. The van der Waals surface area contributed by atoms with E-state index >= 15 is 0 Å². The van der Waals surface area contributed by atoms with Gasteiger partial charge >= 0.3 is 0 Å². The highest BCUT2D eigenvalue weighted by molar-refractivity contribution is 5.82. The maximum absolute atomic E-state index is 12.0. The Balaban J connectivity index is 2.20. The van der Waals surface area contributed by atoms with Crippen molar-refractivity contribution in [2.75, 3.05) is 0 Å². The van der Waals surface area contributed by atoms with Crippen molar-refractivity contribution in [3.8, 4) is 0 Å². The largest absolute Gasteiger partial charge is 0.292 e. The normalized spacial score (nSPS) is 12.0. The van der Waals surface area contributed by atoms with Gasteiger partial charge in [0.1, 0.15) is 0 Å². The third kappa shape index (κ3) is 8.48. The van der Waals surface area contributed by atoms with Crippen molar-refractivity contribution >= 4 is 5.78 Å². The predicted molar refractivity (Wildman–Crippen MR) is 93.2 cm³/mol. The van der Waals surface area contributed by atoms with Crippen molar-refractivity contribution in [3.05, 3.63) is 46.0 Å². The average molecular weight is 319 g/mol. The zero-order valence-corrected chi connectivity index (χ0v) is 14.2. The molecule has 23 heavy (non-hydrogen) atoms. The van der Waals surface area contributed by atoms with Gasteiger partial charge in [-0.3, -0.25) is 14.9 Å². The summed E-state index contributed by atoms with van der Waals surface area (Å²) < 4.78 is 0. The molecule has 0 bridgehead atoms. The lowest BCUT2D eigenvalue weighted by atomic mass is 9.99. The van der Waals surface area contributed by atoms with Crippen LogP contribution in [0.5, 0.6) is 0 Å². The number of carbonyl (C=O) groups is 1. The topological polar surface area (TPSA) is 60.2 Å². The van der Waals surface area contributed by atoms with Crippen LogP contribution in [0.1, 0.15) is 70.3 Å². The van der Waals surface area contributed by atoms with Crippen LogP contribution in [0.4, 0.5) is 0 Å². The van der Waals surface area contributed by atoms with Crippen LogP contribution in [0.15, 0.2) is 30.3 Å². The molecule has 128 valence electrons. The van der Waals surface area contributed by atoms with Gasteiger partial charge in [0.25, 0.3) is 6.04 Å². The average Bonchev–Trinajstić information content (AvgIpc) is 2.55. The SMILES string of the molecule is CCCCCCC(C(=O)CCCCCc1ccccc1)[N+](=O)[O-]. The van der Waals surface area contributed by atoms with E-state index in [1.807, 2.05) is 18.2 Å². The number of hydrogen-bond acceptors (Lipinski definition) is 3. The van der Waals surface area contributed by atoms with Crippen LogP contribution in [-0.4, -0.2) is 16.7 Å². The number of aryl methyl sites for hydroxylation is 1. The maximum Gasteiger partial charge on any atom is 0.270 e. The van der Waals surface area contributed by atoms with Crippen LogP contribution in [0, 0.1) is 10.1 Å². The number of unbranched alkanes of at least 4 members (excludes halogenated alkanes) is 5. The molecular formula is C19H29NO3. The molecule has 4 heteroatoms. The maximum atomic E-state index is 12.0. The fourth-order valence-corrected chi connectivity index (χ4v) is 2.76. The number of ketones is 1. The number of rotatable bonds is 13. The Kier molecular flexibility index (Phi) is 9.92. The van der Waals surface area contributed by atoms with E-state index in [1.54, 1.807) is 0 Å². The van der Waals surface area contributed by atoms with Crippen molar-refractivity contribution < 1.29 is 9.72 Å². The van der Waals surface area contributed by atoms with E-state index < -0.39 is 11.0 Å². The molecule has 0 spiro atoms. The summed E-state index contributed by atoms with van der Waals surface area (Å²) in [5.41, 5.74) is 1.30. The van der Waals surface area contributed by atoms with Gasteiger partial charge in [-0.1, -0.05) is 62.9 Å². The monoisotopic (exact) mass is 319 g/mol. The zero-order chi connectivity index (χ0) is 16.9. The third-order valence-corrected chi connectivity index (χ3v) is 4.19. The first-order valence-electron chi connectivity index (χ1n) is 8.85. The van der Waals surface area contributed by atoms with Crippen LogP contribution in [0.3, 0.4) is 0 Å². The first-order valence-corrected chi connectivity index (χ1v) is 8.85. The van der Waals surface area contributed by atoms with Crippen molar-refractivity contribution in [1.82, 2.24) is 0 Å². The Morgan fingerprint density at radius 1 is 1.04 bits per heavy atom. The molecule has 0 aliphatic heterocycles. The lowest BCUT2D eigenvalue weighted by Crippen LogP contribution is -2.29. The summed E-state index contributed by atoms with van der Waals surface area (Å²) in [5.74, 6) is -0.189. The summed E-state index contributed by atoms with van der Waals surface area (Å²) in [5, 5.41) is 11.1. The Morgan fingerprint density at radius 3 is 2.39 bits per heavy atom. The Hall–Kier alpha value is -1.71. The molecule has 0 amide bonds. The van der Waals surface area contributed by atoms with E-state index in [0.717, 1.165) is 51.4 Å². The standard InChI is InChI=1S/C19H29NO3/c1-2-3-4-10-15-18(20(22)23)19(21)16-11-6-9-14-17-12-7-5-8-13-17/h5,7-8,12-13,18H,2-4,6,9-11,14-16H2,1H3. The van der Waals surface area contributed by atoms with E-state index in [9.17, 15) is 14.9 Å². The second kappa shape index (κ2) is 11.8. The van der Waals surface area contributed by atoms with Gasteiger partial charge in [-0.25, -0.2) is 0 Å². The Labute approximate surface area is 139 Å². The minimum Gasteiger partial charge on any atom is -0.292 e. The highest BCUT2D eigenvalue weighted by atomic mass is 16.6. The van der Waals surface area contributed by atoms with Gasteiger partial charge in [0.15, 0.2) is 0 Å². The van der Waals surface area contributed by atoms with Crippen LogP contribution in [0.25, 0.3) is 0 Å². The molecule has 4 nitrogen and oxygen atoms in total. The van der Waals surface area contributed by atoms with Crippen LogP contribution >= 0.6 is 0 Å². The van der Waals surface area contributed by atoms with Gasteiger partial charge in [-0.15, -0.1) is 0 Å². The second-order valence-corrected chi connectivity index (χ2v) is 6.16. The molecule has 0 aliphatic rings. The number of nitrogens with zero attached hydrogens (tertiary/aromatic N) is 1. The molecule has 1 atom stereocenters. The Bertz CT molecular complexity index is 459. The third-order valence-electron chi connectivity index (χ3n) is 4.19. The number of carbonyl (C=O) groups excluding carboxylic acids is 1. The lowest BCUT2D eigenvalue weighted by molar-refractivity contribution is -0.508. The van der Waals surface area contributed by atoms with Gasteiger partial charge in [-0.05, 0) is 31.2 Å². The molecule has 1 aromatic rings. The summed E-state index contributed by atoms with van der Waals surface area (Å²) in [4.78, 5) is 22.7. The Morgan fingerprint density at radius 2 is 1.74 bits per heavy atom. The van der Waals surface area contributed by atoms with E-state index in [0.29, 0.717) is 12.8 Å². The van der Waals surface area contributed by atoms with Gasteiger partial charge in [-0.2, -0.15) is 0 Å². The predicted octanol–water partition coefficient (Wildman–Crippen LogP) is 4.97. The number of hydrogen-bond donors (Lipinski definition) is 0.